The number of nitrogens with two attached hydrogens (primary N) is 2. The summed E-state index contributed by atoms with van der Waals surface area (Å²) in [5.41, 5.74) is 10.6. The highest BCUT2D eigenvalue weighted by atomic mass is 16.6. The molecule has 0 saturated heterocycles. The van der Waals surface area contributed by atoms with Gasteiger partial charge in [0.25, 0.3) is 0 Å². The highest BCUT2D eigenvalue weighted by Gasteiger charge is 2.21. The van der Waals surface area contributed by atoms with Crippen LogP contribution < -0.4 is 11.5 Å². The quantitative estimate of drug-likeness (QED) is 0.516. The molecule has 4 heteroatoms. The Morgan fingerprint density at radius 1 is 1.27 bits per heavy atom. The van der Waals surface area contributed by atoms with E-state index in [1.54, 1.807) is 0 Å². The summed E-state index contributed by atoms with van der Waals surface area (Å²) in [6, 6.07) is -0.498. The molecule has 0 rings (SSSR count). The summed E-state index contributed by atoms with van der Waals surface area (Å²) >= 11 is 0. The summed E-state index contributed by atoms with van der Waals surface area (Å²) in [6.45, 7) is 6.21. The van der Waals surface area contributed by atoms with E-state index in [4.69, 9.17) is 16.2 Å². The number of ether oxygens (including phenoxy) is 1. The van der Waals surface area contributed by atoms with Gasteiger partial charge < -0.3 is 16.2 Å². The monoisotopic (exact) mass is 216 g/mol. The van der Waals surface area contributed by atoms with Gasteiger partial charge in [-0.15, -0.1) is 0 Å². The van der Waals surface area contributed by atoms with Crippen molar-refractivity contribution in [3.63, 3.8) is 0 Å². The van der Waals surface area contributed by atoms with Gasteiger partial charge in [-0.25, -0.2) is 0 Å². The molecule has 0 aromatic rings. The van der Waals surface area contributed by atoms with E-state index in [9.17, 15) is 4.79 Å². The van der Waals surface area contributed by atoms with Gasteiger partial charge in [-0.3, -0.25) is 4.79 Å². The average molecular weight is 216 g/mol. The van der Waals surface area contributed by atoms with Crippen LogP contribution in [0.2, 0.25) is 0 Å². The van der Waals surface area contributed by atoms with Gasteiger partial charge in [-0.1, -0.05) is 12.8 Å². The Bertz CT molecular complexity index is 188. The molecule has 0 saturated carbocycles. The fraction of sp³-hybridized carbons (Fsp3) is 0.909. The van der Waals surface area contributed by atoms with E-state index in [-0.39, 0.29) is 5.97 Å². The van der Waals surface area contributed by atoms with Crippen molar-refractivity contribution in [2.24, 2.45) is 11.5 Å². The summed E-state index contributed by atoms with van der Waals surface area (Å²) in [5, 5.41) is 0. The number of unbranched alkanes of at least 4 members (excludes halogenated alkanes) is 2. The van der Waals surface area contributed by atoms with E-state index < -0.39 is 11.6 Å². The lowest BCUT2D eigenvalue weighted by molar-refractivity contribution is -0.156. The Morgan fingerprint density at radius 2 is 1.87 bits per heavy atom. The van der Waals surface area contributed by atoms with Crippen molar-refractivity contribution in [3.05, 3.63) is 0 Å². The molecule has 0 aliphatic carbocycles. The smallest absolute Gasteiger partial charge is 0.323 e. The Kier molecular flexibility index (Phi) is 6.52. The first kappa shape index (κ1) is 14.4. The van der Waals surface area contributed by atoms with Crippen LogP contribution in [0.15, 0.2) is 0 Å². The van der Waals surface area contributed by atoms with E-state index >= 15 is 0 Å². The van der Waals surface area contributed by atoms with Gasteiger partial charge in [-0.2, -0.15) is 0 Å². The largest absolute Gasteiger partial charge is 0.459 e. The number of carbonyl (C=O) groups excluding carboxylic acids is 1. The van der Waals surface area contributed by atoms with Crippen molar-refractivity contribution in [1.82, 2.24) is 0 Å². The van der Waals surface area contributed by atoms with Crippen molar-refractivity contribution in [3.8, 4) is 0 Å². The highest BCUT2D eigenvalue weighted by molar-refractivity contribution is 5.75. The summed E-state index contributed by atoms with van der Waals surface area (Å²) in [7, 11) is 0. The van der Waals surface area contributed by atoms with E-state index in [2.05, 4.69) is 0 Å². The molecule has 1 atom stereocenters. The maximum atomic E-state index is 11.5. The fourth-order valence-electron chi connectivity index (χ4n) is 1.18. The standard InChI is InChI=1S/C11H24N2O2/c1-11(2,3)15-10(14)9(13)7-5-4-6-8-12/h9H,4-8,12-13H2,1-3H3/t9-/m1/s1. The molecule has 4 nitrogen and oxygen atoms in total. The van der Waals surface area contributed by atoms with Crippen LogP contribution in [0, 0.1) is 0 Å². The Labute approximate surface area is 92.3 Å². The second-order valence-corrected chi connectivity index (χ2v) is 4.78. The van der Waals surface area contributed by atoms with Crippen molar-refractivity contribution >= 4 is 5.97 Å². The minimum Gasteiger partial charge on any atom is -0.459 e. The first-order valence-electron chi connectivity index (χ1n) is 5.55. The van der Waals surface area contributed by atoms with Crippen LogP contribution in [0.3, 0.4) is 0 Å². The van der Waals surface area contributed by atoms with Crippen LogP contribution in [-0.4, -0.2) is 24.2 Å². The number of rotatable bonds is 6. The van der Waals surface area contributed by atoms with Crippen LogP contribution in [-0.2, 0) is 9.53 Å². The summed E-state index contributed by atoms with van der Waals surface area (Å²) in [6.07, 6.45) is 3.61. The Morgan fingerprint density at radius 3 is 2.33 bits per heavy atom. The maximum absolute atomic E-state index is 11.5. The van der Waals surface area contributed by atoms with Crippen molar-refractivity contribution in [1.29, 1.82) is 0 Å². The lowest BCUT2D eigenvalue weighted by Crippen LogP contribution is -2.37. The third-order valence-electron chi connectivity index (χ3n) is 1.93. The molecular weight excluding hydrogens is 192 g/mol. The van der Waals surface area contributed by atoms with E-state index in [1.807, 2.05) is 20.8 Å². The predicted octanol–water partition coefficient (Wildman–Crippen LogP) is 1.17. The molecular formula is C11H24N2O2. The van der Waals surface area contributed by atoms with Gasteiger partial charge >= 0.3 is 5.97 Å². The molecule has 0 amide bonds. The second-order valence-electron chi connectivity index (χ2n) is 4.78. The molecule has 0 heterocycles. The molecule has 0 aliphatic heterocycles. The van der Waals surface area contributed by atoms with Crippen molar-refractivity contribution in [2.75, 3.05) is 6.54 Å². The molecule has 4 N–H and O–H groups in total. The van der Waals surface area contributed by atoms with Gasteiger partial charge in [0.1, 0.15) is 11.6 Å². The highest BCUT2D eigenvalue weighted by Crippen LogP contribution is 2.10. The van der Waals surface area contributed by atoms with Crippen LogP contribution in [0.1, 0.15) is 46.5 Å². The first-order valence-corrected chi connectivity index (χ1v) is 5.55. The molecule has 0 radical (unpaired) electrons. The van der Waals surface area contributed by atoms with Crippen molar-refractivity contribution < 1.29 is 9.53 Å². The molecule has 0 aromatic carbocycles. The van der Waals surface area contributed by atoms with Crippen molar-refractivity contribution in [2.45, 2.75) is 58.1 Å². The van der Waals surface area contributed by atoms with Gasteiger partial charge in [0.05, 0.1) is 0 Å². The molecule has 15 heavy (non-hydrogen) atoms. The molecule has 0 aliphatic rings. The van der Waals surface area contributed by atoms with Crippen LogP contribution in [0.4, 0.5) is 0 Å². The molecule has 0 spiro atoms. The maximum Gasteiger partial charge on any atom is 0.323 e. The predicted molar refractivity (Wildman–Crippen MR) is 61.3 cm³/mol. The molecule has 0 aromatic heterocycles. The summed E-state index contributed by atoms with van der Waals surface area (Å²) < 4.78 is 5.17. The van der Waals surface area contributed by atoms with Gasteiger partial charge in [0.15, 0.2) is 0 Å². The van der Waals surface area contributed by atoms with Gasteiger partial charge in [0.2, 0.25) is 0 Å². The zero-order chi connectivity index (χ0) is 11.9. The number of carbonyl (C=O) groups is 1. The normalized spacial score (nSPS) is 13.7. The molecule has 90 valence electrons. The van der Waals surface area contributed by atoms with Gasteiger partial charge in [-0.05, 0) is 40.2 Å². The van der Waals surface area contributed by atoms with Gasteiger partial charge in [0, 0.05) is 0 Å². The average Bonchev–Trinajstić information content (AvgIpc) is 2.09. The number of hydrogen-bond donors (Lipinski definition) is 2. The minimum absolute atomic E-state index is 0.310. The van der Waals surface area contributed by atoms with Crippen LogP contribution in [0.25, 0.3) is 0 Å². The summed E-state index contributed by atoms with van der Waals surface area (Å²) in [4.78, 5) is 11.5. The van der Waals surface area contributed by atoms with Crippen LogP contribution >= 0.6 is 0 Å². The Balaban J connectivity index is 3.70. The Hall–Kier alpha value is -0.610. The van der Waals surface area contributed by atoms with E-state index in [1.165, 1.54) is 0 Å². The first-order chi connectivity index (χ1) is 6.87. The third-order valence-corrected chi connectivity index (χ3v) is 1.93. The lowest BCUT2D eigenvalue weighted by atomic mass is 10.1. The zero-order valence-electron chi connectivity index (χ0n) is 10.1. The molecule has 0 fully saturated rings. The SMILES string of the molecule is CC(C)(C)OC(=O)[C@H](N)CCCCCN. The lowest BCUT2D eigenvalue weighted by Gasteiger charge is -2.22. The summed E-state index contributed by atoms with van der Waals surface area (Å²) in [5.74, 6) is -0.310. The third kappa shape index (κ3) is 8.39. The minimum atomic E-state index is -0.498. The molecule has 0 unspecified atom stereocenters. The van der Waals surface area contributed by atoms with E-state index in [0.717, 1.165) is 19.3 Å². The zero-order valence-corrected chi connectivity index (χ0v) is 10.1. The van der Waals surface area contributed by atoms with Crippen LogP contribution in [0.5, 0.6) is 0 Å². The fourth-order valence-corrected chi connectivity index (χ4v) is 1.18. The van der Waals surface area contributed by atoms with E-state index in [0.29, 0.717) is 13.0 Å². The number of esters is 1. The number of hydrogen-bond acceptors (Lipinski definition) is 4. The topological polar surface area (TPSA) is 78.3 Å². The molecule has 0 bridgehead atoms. The second kappa shape index (κ2) is 6.80.